The summed E-state index contributed by atoms with van der Waals surface area (Å²) in [6, 6.07) is 0. The zero-order valence-corrected chi connectivity index (χ0v) is 10.8. The molecule has 0 aliphatic heterocycles. The molecular formula is MgO4PSiSr+5. The maximum atomic E-state index is 8.55. The average molecular weight is 235 g/mol. The Bertz CT molecular complexity index is 62.2. The van der Waals surface area contributed by atoms with Crippen LogP contribution in [-0.4, -0.2) is 79.5 Å². The molecule has 0 saturated heterocycles. The van der Waals surface area contributed by atoms with Crippen LogP contribution in [0.2, 0.25) is 0 Å². The van der Waals surface area contributed by atoms with Crippen LogP contribution in [0.25, 0.3) is 0 Å². The van der Waals surface area contributed by atoms with Crippen LogP contribution < -0.4 is 14.7 Å². The molecule has 0 radical (unpaired) electrons. The number of hydrogen-bond acceptors (Lipinski definition) is 4. The Kier molecular flexibility index (Phi) is 26.8. The van der Waals surface area contributed by atoms with Crippen molar-refractivity contribution in [2.45, 2.75) is 0 Å². The second kappa shape index (κ2) is 9.57. The van der Waals surface area contributed by atoms with Gasteiger partial charge >= 0.3 is 79.5 Å². The van der Waals surface area contributed by atoms with Crippen molar-refractivity contribution in [3.8, 4) is 0 Å². The van der Waals surface area contributed by atoms with Crippen LogP contribution in [0.4, 0.5) is 0 Å². The van der Waals surface area contributed by atoms with E-state index in [1.807, 2.05) is 0 Å². The standard InChI is InChI=1S/Mg.H3O4P.Si.Sr/c;1-5(2,3)4;;/h;(H3,1,2,3,4);;/q+2;;+4;+2/p-3. The molecule has 0 amide bonds. The molecule has 0 aromatic rings. The summed E-state index contributed by atoms with van der Waals surface area (Å²) in [6.07, 6.45) is 0. The smallest absolute Gasteiger partial charge is 0.822 e. The molecule has 0 N–H and O–H groups in total. The third-order valence-electron chi connectivity index (χ3n) is 0. The minimum absolute atomic E-state index is 0. The quantitative estimate of drug-likeness (QED) is 0.316. The van der Waals surface area contributed by atoms with Crippen molar-refractivity contribution in [2.75, 3.05) is 0 Å². The Morgan fingerprint density at radius 3 is 1.12 bits per heavy atom. The summed E-state index contributed by atoms with van der Waals surface area (Å²) < 4.78 is 8.55. The van der Waals surface area contributed by atoms with Crippen molar-refractivity contribution in [2.24, 2.45) is 0 Å². The van der Waals surface area contributed by atoms with Crippen LogP contribution in [0.5, 0.6) is 0 Å². The Balaban J connectivity index is -0.0000000267. The zero-order chi connectivity index (χ0) is 4.50. The van der Waals surface area contributed by atoms with Gasteiger partial charge in [0.25, 0.3) is 0 Å². The van der Waals surface area contributed by atoms with Crippen molar-refractivity contribution in [3.63, 3.8) is 0 Å². The third-order valence-corrected chi connectivity index (χ3v) is 0. The van der Waals surface area contributed by atoms with E-state index < -0.39 is 7.82 Å². The van der Waals surface area contributed by atoms with Crippen molar-refractivity contribution in [1.29, 1.82) is 0 Å². The molecule has 8 heteroatoms. The van der Waals surface area contributed by atoms with Crippen LogP contribution in [0.1, 0.15) is 0 Å². The van der Waals surface area contributed by atoms with E-state index >= 15 is 0 Å². The monoisotopic (exact) mass is 235 g/mol. The molecule has 0 unspecified atom stereocenters. The molecular weight excluding hydrogens is 235 g/mol. The molecule has 32 valence electrons. The Hall–Kier alpha value is 2.57. The van der Waals surface area contributed by atoms with Gasteiger partial charge in [-0.3, -0.25) is 0 Å². The van der Waals surface area contributed by atoms with Gasteiger partial charge in [-0.2, -0.15) is 7.82 Å². The number of hydrogen-bond donors (Lipinski definition) is 0. The molecule has 0 aliphatic rings. The first kappa shape index (κ1) is 22.4. The molecule has 0 bridgehead atoms. The first-order valence-corrected chi connectivity index (χ1v) is 2.19. The van der Waals surface area contributed by atoms with Crippen molar-refractivity contribution in [1.82, 2.24) is 0 Å². The molecule has 0 rings (SSSR count). The topological polar surface area (TPSA) is 86.2 Å². The molecule has 0 spiro atoms. The molecule has 0 heterocycles. The van der Waals surface area contributed by atoms with Gasteiger partial charge in [0.15, 0.2) is 0 Å². The van der Waals surface area contributed by atoms with Crippen molar-refractivity contribution in [3.05, 3.63) is 0 Å². The fraction of sp³-hybridized carbons (Fsp3) is 0. The summed E-state index contributed by atoms with van der Waals surface area (Å²) in [5, 5.41) is 0. The van der Waals surface area contributed by atoms with E-state index in [2.05, 4.69) is 0 Å². The van der Waals surface area contributed by atoms with Crippen molar-refractivity contribution >= 4 is 87.3 Å². The SMILES string of the molecule is O=P([O-])([O-])[O-].[Mg+2].[Si+4].[Sr+2]. The van der Waals surface area contributed by atoms with Gasteiger partial charge in [0, 0.05) is 0 Å². The van der Waals surface area contributed by atoms with Gasteiger partial charge in [0.05, 0.1) is 0 Å². The summed E-state index contributed by atoms with van der Waals surface area (Å²) in [4.78, 5) is 25.6. The normalized spacial score (nSPS) is 7.38. The second-order valence-corrected chi connectivity index (χ2v) is 1.34. The average Bonchev–Trinajstić information content (AvgIpc) is 0.722. The molecule has 4 nitrogen and oxygen atoms in total. The summed E-state index contributed by atoms with van der Waals surface area (Å²) >= 11 is 0. The van der Waals surface area contributed by atoms with Gasteiger partial charge in [-0.1, -0.05) is 0 Å². The van der Waals surface area contributed by atoms with Gasteiger partial charge in [-0.15, -0.1) is 0 Å². The van der Waals surface area contributed by atoms with E-state index in [0.29, 0.717) is 0 Å². The van der Waals surface area contributed by atoms with Gasteiger partial charge < -0.3 is 19.2 Å². The van der Waals surface area contributed by atoms with Crippen molar-refractivity contribution < 1.29 is 19.2 Å². The van der Waals surface area contributed by atoms with Gasteiger partial charge in [0.1, 0.15) is 0 Å². The van der Waals surface area contributed by atoms with Crippen LogP contribution in [-0.2, 0) is 4.57 Å². The van der Waals surface area contributed by atoms with E-state index in [0.717, 1.165) is 0 Å². The third kappa shape index (κ3) is 74.2. The molecule has 8 heavy (non-hydrogen) atoms. The molecule has 0 saturated carbocycles. The zero-order valence-electron chi connectivity index (χ0n) is 3.99. The molecule has 0 aromatic heterocycles. The van der Waals surface area contributed by atoms with E-state index in [1.165, 1.54) is 0 Å². The summed E-state index contributed by atoms with van der Waals surface area (Å²) in [5.74, 6) is 0. The van der Waals surface area contributed by atoms with Gasteiger partial charge in [0.2, 0.25) is 0 Å². The molecule has 0 atom stereocenters. The molecule has 0 aliphatic carbocycles. The fourth-order valence-corrected chi connectivity index (χ4v) is 0. The summed E-state index contributed by atoms with van der Waals surface area (Å²) in [5.41, 5.74) is 0. The Morgan fingerprint density at radius 2 is 1.12 bits per heavy atom. The van der Waals surface area contributed by atoms with Gasteiger partial charge in [-0.05, 0) is 0 Å². The Morgan fingerprint density at radius 1 is 1.12 bits per heavy atom. The van der Waals surface area contributed by atoms with Crippen LogP contribution in [0, 0.1) is 0 Å². The first-order valence-electron chi connectivity index (χ1n) is 0.730. The maximum Gasteiger partial charge on any atom is 4.00 e. The summed E-state index contributed by atoms with van der Waals surface area (Å²) in [6.45, 7) is 0. The van der Waals surface area contributed by atoms with Crippen LogP contribution in [0.3, 0.4) is 0 Å². The first-order chi connectivity index (χ1) is 2.00. The number of rotatable bonds is 0. The predicted molar refractivity (Wildman–Crippen MR) is 24.9 cm³/mol. The van der Waals surface area contributed by atoms with Gasteiger partial charge in [-0.25, -0.2) is 0 Å². The molecule has 0 aromatic carbocycles. The minimum atomic E-state index is -5.39. The van der Waals surface area contributed by atoms with E-state index in [-0.39, 0.29) is 79.5 Å². The largest absolute Gasteiger partial charge is 4.00 e. The summed E-state index contributed by atoms with van der Waals surface area (Å²) in [7, 11) is -5.39. The predicted octanol–water partition coefficient (Wildman–Crippen LogP) is -3.97. The second-order valence-electron chi connectivity index (χ2n) is 0.447. The maximum absolute atomic E-state index is 8.55. The fourth-order valence-electron chi connectivity index (χ4n) is 0. The minimum Gasteiger partial charge on any atom is -0.822 e. The van der Waals surface area contributed by atoms with E-state index in [9.17, 15) is 0 Å². The van der Waals surface area contributed by atoms with E-state index in [1.54, 1.807) is 0 Å². The molecule has 0 fully saturated rings. The van der Waals surface area contributed by atoms with Crippen LogP contribution in [0.15, 0.2) is 0 Å². The number of phosphoric acid groups is 1. The van der Waals surface area contributed by atoms with Crippen LogP contribution >= 0.6 is 7.82 Å². The Labute approximate surface area is 105 Å². The van der Waals surface area contributed by atoms with E-state index in [4.69, 9.17) is 19.2 Å².